The summed E-state index contributed by atoms with van der Waals surface area (Å²) in [4.78, 5) is 13.1. The van der Waals surface area contributed by atoms with Gasteiger partial charge in [0.15, 0.2) is 0 Å². The first-order valence-electron chi connectivity index (χ1n) is 3.73. The Bertz CT molecular complexity index is 325. The topological polar surface area (TPSA) is 42.0 Å². The molecule has 1 aromatic heterocycles. The molecule has 14 heavy (non-hydrogen) atoms. The number of halogens is 3. The van der Waals surface area contributed by atoms with Crippen LogP contribution in [-0.4, -0.2) is 11.4 Å². The average molecular weight is 204 g/mol. The van der Waals surface area contributed by atoms with Crippen molar-refractivity contribution in [2.45, 2.75) is 12.7 Å². The molecule has 0 fully saturated rings. The third kappa shape index (κ3) is 2.72. The van der Waals surface area contributed by atoms with Crippen molar-refractivity contribution in [1.29, 1.82) is 0 Å². The summed E-state index contributed by atoms with van der Waals surface area (Å²) in [6, 6.07) is 2.31. The molecule has 0 radical (unpaired) electrons. The molecular formula is C8H7F3N2O. The summed E-state index contributed by atoms with van der Waals surface area (Å²) >= 11 is 0. The third-order valence-corrected chi connectivity index (χ3v) is 1.50. The zero-order chi connectivity index (χ0) is 10.6. The van der Waals surface area contributed by atoms with E-state index in [9.17, 15) is 18.0 Å². The summed E-state index contributed by atoms with van der Waals surface area (Å²) in [6.07, 6.45) is -2.96. The molecule has 1 amide bonds. The Hall–Kier alpha value is -1.59. The van der Waals surface area contributed by atoms with Crippen LogP contribution in [0, 0.1) is 0 Å². The second-order valence-electron chi connectivity index (χ2n) is 2.55. The number of amides is 1. The first-order valence-corrected chi connectivity index (χ1v) is 3.73. The zero-order valence-electron chi connectivity index (χ0n) is 7.01. The summed E-state index contributed by atoms with van der Waals surface area (Å²) in [5, 5.41) is 2.27. The number of nitrogens with zero attached hydrogens (tertiary/aromatic N) is 1. The van der Waals surface area contributed by atoms with Gasteiger partial charge in [-0.05, 0) is 17.7 Å². The van der Waals surface area contributed by atoms with Crippen LogP contribution in [0.1, 0.15) is 11.3 Å². The molecule has 1 N–H and O–H groups in total. The molecule has 0 spiro atoms. The minimum Gasteiger partial charge on any atom is -0.355 e. The highest BCUT2D eigenvalue weighted by molar-refractivity contribution is 5.46. The molecule has 76 valence electrons. The molecule has 0 bridgehead atoms. The molecule has 1 aromatic rings. The summed E-state index contributed by atoms with van der Waals surface area (Å²) < 4.78 is 36.4. The number of aromatic nitrogens is 1. The van der Waals surface area contributed by atoms with Gasteiger partial charge in [0, 0.05) is 12.7 Å². The van der Waals surface area contributed by atoms with Gasteiger partial charge in [-0.25, -0.2) is 0 Å². The Balaban J connectivity index is 2.84. The van der Waals surface area contributed by atoms with Crippen molar-refractivity contribution in [3.63, 3.8) is 0 Å². The van der Waals surface area contributed by atoms with E-state index in [0.29, 0.717) is 12.0 Å². The van der Waals surface area contributed by atoms with Crippen molar-refractivity contribution in [3.8, 4) is 0 Å². The van der Waals surface area contributed by atoms with Crippen LogP contribution in [0.2, 0.25) is 0 Å². The summed E-state index contributed by atoms with van der Waals surface area (Å²) in [6.45, 7) is 0.0646. The lowest BCUT2D eigenvalue weighted by Crippen LogP contribution is -2.12. The van der Waals surface area contributed by atoms with Crippen LogP contribution >= 0.6 is 0 Å². The molecule has 1 rings (SSSR count). The van der Waals surface area contributed by atoms with Crippen LogP contribution in [0.4, 0.5) is 13.2 Å². The van der Waals surface area contributed by atoms with Gasteiger partial charge in [0.2, 0.25) is 6.41 Å². The van der Waals surface area contributed by atoms with Gasteiger partial charge >= 0.3 is 6.18 Å². The molecule has 0 aromatic carbocycles. The van der Waals surface area contributed by atoms with Crippen molar-refractivity contribution in [3.05, 3.63) is 29.6 Å². The molecular weight excluding hydrogens is 197 g/mol. The van der Waals surface area contributed by atoms with Crippen LogP contribution < -0.4 is 5.32 Å². The number of hydrogen-bond acceptors (Lipinski definition) is 2. The lowest BCUT2D eigenvalue weighted by atomic mass is 10.2. The predicted octanol–water partition coefficient (Wildman–Crippen LogP) is 1.35. The maximum Gasteiger partial charge on any atom is 0.433 e. The Kier molecular flexibility index (Phi) is 3.06. The Morgan fingerprint density at radius 2 is 2.21 bits per heavy atom. The van der Waals surface area contributed by atoms with E-state index < -0.39 is 11.9 Å². The van der Waals surface area contributed by atoms with Gasteiger partial charge in [0.1, 0.15) is 5.69 Å². The first kappa shape index (κ1) is 10.5. The fraction of sp³-hybridized carbons (Fsp3) is 0.250. The van der Waals surface area contributed by atoms with Gasteiger partial charge < -0.3 is 5.32 Å². The SMILES string of the molecule is O=CNCc1ccnc(C(F)(F)F)c1. The van der Waals surface area contributed by atoms with Crippen molar-refractivity contribution >= 4 is 6.41 Å². The monoisotopic (exact) mass is 204 g/mol. The largest absolute Gasteiger partial charge is 0.433 e. The van der Waals surface area contributed by atoms with Gasteiger partial charge in [0.25, 0.3) is 0 Å². The molecule has 0 aliphatic carbocycles. The van der Waals surface area contributed by atoms with Gasteiger partial charge in [-0.1, -0.05) is 0 Å². The van der Waals surface area contributed by atoms with Gasteiger partial charge in [-0.2, -0.15) is 13.2 Å². The number of hydrogen-bond donors (Lipinski definition) is 1. The average Bonchev–Trinajstić information content (AvgIpc) is 2.14. The minimum atomic E-state index is -4.45. The molecule has 0 atom stereocenters. The second kappa shape index (κ2) is 4.08. The number of pyridine rings is 1. The van der Waals surface area contributed by atoms with Crippen molar-refractivity contribution in [2.24, 2.45) is 0 Å². The maximum absolute atomic E-state index is 12.1. The zero-order valence-corrected chi connectivity index (χ0v) is 7.01. The molecule has 0 unspecified atom stereocenters. The number of rotatable bonds is 3. The minimum absolute atomic E-state index is 0.0646. The maximum atomic E-state index is 12.1. The van der Waals surface area contributed by atoms with E-state index >= 15 is 0 Å². The van der Waals surface area contributed by atoms with Crippen LogP contribution in [0.25, 0.3) is 0 Å². The lowest BCUT2D eigenvalue weighted by molar-refractivity contribution is -0.141. The molecule has 1 heterocycles. The van der Waals surface area contributed by atoms with Crippen molar-refractivity contribution in [1.82, 2.24) is 10.3 Å². The highest BCUT2D eigenvalue weighted by atomic mass is 19.4. The second-order valence-corrected chi connectivity index (χ2v) is 2.55. The van der Waals surface area contributed by atoms with E-state index in [4.69, 9.17) is 0 Å². The van der Waals surface area contributed by atoms with Gasteiger partial charge in [-0.3, -0.25) is 9.78 Å². The first-order chi connectivity index (χ1) is 6.54. The molecule has 0 aliphatic heterocycles. The normalized spacial score (nSPS) is 11.1. The quantitative estimate of drug-likeness (QED) is 0.755. The fourth-order valence-electron chi connectivity index (χ4n) is 0.899. The number of nitrogens with one attached hydrogen (secondary N) is 1. The molecule has 0 aliphatic rings. The van der Waals surface area contributed by atoms with E-state index in [-0.39, 0.29) is 6.54 Å². The van der Waals surface area contributed by atoms with Crippen LogP contribution in [0.15, 0.2) is 18.3 Å². The summed E-state index contributed by atoms with van der Waals surface area (Å²) in [7, 11) is 0. The highest BCUT2D eigenvalue weighted by Crippen LogP contribution is 2.27. The molecule has 0 saturated heterocycles. The molecule has 3 nitrogen and oxygen atoms in total. The summed E-state index contributed by atoms with van der Waals surface area (Å²) in [5.74, 6) is 0. The fourth-order valence-corrected chi connectivity index (χ4v) is 0.899. The Morgan fingerprint density at radius 1 is 1.50 bits per heavy atom. The van der Waals surface area contributed by atoms with E-state index in [1.54, 1.807) is 0 Å². The Morgan fingerprint density at radius 3 is 2.79 bits per heavy atom. The standard InChI is InChI=1S/C8H7F3N2O/c9-8(10,11)7-3-6(1-2-13-7)4-12-5-14/h1-3,5H,4H2,(H,12,14). The van der Waals surface area contributed by atoms with E-state index in [1.807, 2.05) is 0 Å². The van der Waals surface area contributed by atoms with Crippen molar-refractivity contribution < 1.29 is 18.0 Å². The number of carbonyl (C=O) groups is 1. The molecule has 0 saturated carbocycles. The highest BCUT2D eigenvalue weighted by Gasteiger charge is 2.32. The van der Waals surface area contributed by atoms with Crippen LogP contribution in [0.5, 0.6) is 0 Å². The van der Waals surface area contributed by atoms with E-state index in [2.05, 4.69) is 10.3 Å². The van der Waals surface area contributed by atoms with Crippen molar-refractivity contribution in [2.75, 3.05) is 0 Å². The number of carbonyl (C=O) groups excluding carboxylic acids is 1. The van der Waals surface area contributed by atoms with E-state index in [0.717, 1.165) is 12.3 Å². The predicted molar refractivity (Wildman–Crippen MR) is 42.1 cm³/mol. The van der Waals surface area contributed by atoms with E-state index in [1.165, 1.54) is 6.07 Å². The van der Waals surface area contributed by atoms with Gasteiger partial charge in [-0.15, -0.1) is 0 Å². The van der Waals surface area contributed by atoms with Gasteiger partial charge in [0.05, 0.1) is 0 Å². The molecule has 6 heteroatoms. The lowest BCUT2D eigenvalue weighted by Gasteiger charge is -2.06. The van der Waals surface area contributed by atoms with Crippen LogP contribution in [-0.2, 0) is 17.5 Å². The smallest absolute Gasteiger partial charge is 0.355 e. The third-order valence-electron chi connectivity index (χ3n) is 1.50. The number of alkyl halides is 3. The summed E-state index contributed by atoms with van der Waals surface area (Å²) in [5.41, 5.74) is -0.595. The van der Waals surface area contributed by atoms with Crippen LogP contribution in [0.3, 0.4) is 0 Å². The Labute approximate surface area is 78.0 Å².